The van der Waals surface area contributed by atoms with Crippen LogP contribution in [0.1, 0.15) is 24.1 Å². The molecule has 0 spiro atoms. The summed E-state index contributed by atoms with van der Waals surface area (Å²) in [5.74, 6) is 0.129. The number of aryl methyl sites for hydroxylation is 2. The number of carboxylic acid groups (broad SMARTS) is 1. The number of benzene rings is 1. The maximum Gasteiger partial charge on any atom is 0.342 e. The van der Waals surface area contributed by atoms with Gasteiger partial charge in [-0.2, -0.15) is 0 Å². The van der Waals surface area contributed by atoms with Crippen molar-refractivity contribution in [1.82, 2.24) is 15.2 Å². The van der Waals surface area contributed by atoms with Crippen molar-refractivity contribution in [3.63, 3.8) is 0 Å². The van der Waals surface area contributed by atoms with E-state index in [1.807, 2.05) is 44.2 Å². The Kier molecular flexibility index (Phi) is 5.85. The number of aromatic amines is 1. The second-order valence-electron chi connectivity index (χ2n) is 5.41. The fourth-order valence-electron chi connectivity index (χ4n) is 2.03. The van der Waals surface area contributed by atoms with Gasteiger partial charge in [-0.3, -0.25) is 5.10 Å². The number of hydrogen-bond acceptors (Lipinski definition) is 6. The molecule has 0 unspecified atom stereocenters. The second kappa shape index (κ2) is 8.29. The predicted octanol–water partition coefficient (Wildman–Crippen LogP) is 4.64. The highest BCUT2D eigenvalue weighted by atomic mass is 32.2. The van der Waals surface area contributed by atoms with Crippen LogP contribution < -0.4 is 0 Å². The minimum absolute atomic E-state index is 0.0906. The van der Waals surface area contributed by atoms with E-state index < -0.39 is 5.97 Å². The van der Waals surface area contributed by atoms with E-state index in [1.54, 1.807) is 6.07 Å². The first kappa shape index (κ1) is 18.3. The number of H-pyrrole nitrogens is 1. The van der Waals surface area contributed by atoms with Crippen LogP contribution in [0.25, 0.3) is 6.08 Å². The summed E-state index contributed by atoms with van der Waals surface area (Å²) in [7, 11) is 0. The van der Waals surface area contributed by atoms with Gasteiger partial charge in [0.1, 0.15) is 16.5 Å². The van der Waals surface area contributed by atoms with Crippen molar-refractivity contribution in [2.75, 3.05) is 0 Å². The van der Waals surface area contributed by atoms with Crippen LogP contribution in [-0.4, -0.2) is 26.3 Å². The summed E-state index contributed by atoms with van der Waals surface area (Å²) >= 11 is 2.47. The maximum atomic E-state index is 11.5. The molecule has 8 heteroatoms. The average molecular weight is 387 g/mol. The second-order valence-corrected chi connectivity index (χ2v) is 7.49. The maximum absolute atomic E-state index is 11.5. The van der Waals surface area contributed by atoms with E-state index in [4.69, 9.17) is 4.42 Å². The van der Waals surface area contributed by atoms with Gasteiger partial charge in [0, 0.05) is 17.4 Å². The molecule has 0 aliphatic heterocycles. The van der Waals surface area contributed by atoms with Crippen molar-refractivity contribution < 1.29 is 14.3 Å². The van der Waals surface area contributed by atoms with Gasteiger partial charge < -0.3 is 9.52 Å². The Hall–Kier alpha value is -2.45. The Labute approximate surface area is 159 Å². The van der Waals surface area contributed by atoms with Gasteiger partial charge in [-0.05, 0) is 43.0 Å². The Balaban J connectivity index is 1.74. The first-order valence-electron chi connectivity index (χ1n) is 7.92. The predicted molar refractivity (Wildman–Crippen MR) is 101 cm³/mol. The van der Waals surface area contributed by atoms with E-state index >= 15 is 0 Å². The van der Waals surface area contributed by atoms with Crippen molar-refractivity contribution in [3.8, 4) is 0 Å². The monoisotopic (exact) mass is 387 g/mol. The fourth-order valence-corrected chi connectivity index (χ4v) is 3.52. The van der Waals surface area contributed by atoms with Gasteiger partial charge in [-0.25, -0.2) is 9.78 Å². The number of aliphatic carboxylic acids is 1. The highest BCUT2D eigenvalue weighted by molar-refractivity contribution is 8.04. The Morgan fingerprint density at radius 3 is 2.69 bits per heavy atom. The zero-order valence-electron chi connectivity index (χ0n) is 14.2. The number of aromatic nitrogens is 3. The normalized spacial score (nSPS) is 11.7. The summed E-state index contributed by atoms with van der Waals surface area (Å²) in [6.07, 6.45) is 2.19. The number of rotatable bonds is 7. The Bertz CT molecular complexity index is 929. The van der Waals surface area contributed by atoms with Gasteiger partial charge >= 0.3 is 5.97 Å². The van der Waals surface area contributed by atoms with Crippen LogP contribution in [0.4, 0.5) is 0 Å². The standard InChI is InChI=1S/C18H17N3O3S2/c1-3-15-19-18(21-20-15)26-14(17(22)23)10-12-6-9-16(24-12)25-13-7-4-11(2)5-8-13/h4-10H,3H2,1-2H3,(H,22,23)(H,19,20,21)/b14-10-. The van der Waals surface area contributed by atoms with Gasteiger partial charge in [0.2, 0.25) is 5.16 Å². The molecule has 2 N–H and O–H groups in total. The highest BCUT2D eigenvalue weighted by Crippen LogP contribution is 2.31. The van der Waals surface area contributed by atoms with Crippen LogP contribution in [0.3, 0.4) is 0 Å². The number of furan rings is 1. The van der Waals surface area contributed by atoms with Gasteiger partial charge in [0.05, 0.1) is 0 Å². The molecule has 2 aromatic heterocycles. The Morgan fingerprint density at radius 2 is 2.04 bits per heavy atom. The van der Waals surface area contributed by atoms with E-state index in [-0.39, 0.29) is 4.91 Å². The number of nitrogens with zero attached hydrogens (tertiary/aromatic N) is 2. The van der Waals surface area contributed by atoms with E-state index in [0.717, 1.165) is 16.7 Å². The van der Waals surface area contributed by atoms with E-state index in [2.05, 4.69) is 15.2 Å². The summed E-state index contributed by atoms with van der Waals surface area (Å²) in [5, 5.41) is 17.3. The first-order valence-corrected chi connectivity index (χ1v) is 9.55. The molecule has 0 fully saturated rings. The topological polar surface area (TPSA) is 92.0 Å². The molecule has 0 amide bonds. The van der Waals surface area contributed by atoms with Gasteiger partial charge in [0.15, 0.2) is 5.09 Å². The lowest BCUT2D eigenvalue weighted by molar-refractivity contribution is -0.131. The molecule has 3 rings (SSSR count). The van der Waals surface area contributed by atoms with Crippen LogP contribution in [-0.2, 0) is 11.2 Å². The SMILES string of the molecule is CCc1nc(S/C(=C\c2ccc(Sc3ccc(C)cc3)o2)C(=O)O)n[nH]1. The molecule has 1 aromatic carbocycles. The zero-order valence-corrected chi connectivity index (χ0v) is 15.9. The summed E-state index contributed by atoms with van der Waals surface area (Å²) in [6.45, 7) is 3.98. The van der Waals surface area contributed by atoms with Crippen LogP contribution in [0.5, 0.6) is 0 Å². The summed E-state index contributed by atoms with van der Waals surface area (Å²) in [4.78, 5) is 16.9. The van der Waals surface area contributed by atoms with Crippen molar-refractivity contribution >= 4 is 35.6 Å². The average Bonchev–Trinajstić information content (AvgIpc) is 3.25. The Morgan fingerprint density at radius 1 is 1.27 bits per heavy atom. The molecule has 2 heterocycles. The third-order valence-corrected chi connectivity index (χ3v) is 5.18. The molecule has 0 saturated carbocycles. The smallest absolute Gasteiger partial charge is 0.342 e. The quantitative estimate of drug-likeness (QED) is 0.451. The van der Waals surface area contributed by atoms with Crippen LogP contribution in [0, 0.1) is 6.92 Å². The molecule has 0 atom stereocenters. The van der Waals surface area contributed by atoms with Crippen LogP contribution in [0.15, 0.2) is 60.9 Å². The fraction of sp³-hybridized carbons (Fsp3) is 0.167. The minimum atomic E-state index is -1.05. The molecule has 134 valence electrons. The molecular formula is C18H17N3O3S2. The van der Waals surface area contributed by atoms with Crippen molar-refractivity contribution in [2.45, 2.75) is 35.4 Å². The third kappa shape index (κ3) is 4.80. The number of hydrogen-bond donors (Lipinski definition) is 2. The molecule has 0 aliphatic carbocycles. The molecule has 3 aromatic rings. The molecule has 6 nitrogen and oxygen atoms in total. The number of nitrogens with one attached hydrogen (secondary N) is 1. The number of carbonyl (C=O) groups is 1. The number of thioether (sulfide) groups is 1. The lowest BCUT2D eigenvalue weighted by atomic mass is 10.2. The van der Waals surface area contributed by atoms with Crippen molar-refractivity contribution in [2.24, 2.45) is 0 Å². The molecule has 0 radical (unpaired) electrons. The van der Waals surface area contributed by atoms with Crippen LogP contribution >= 0.6 is 23.5 Å². The molecule has 26 heavy (non-hydrogen) atoms. The molecule has 0 bridgehead atoms. The minimum Gasteiger partial charge on any atom is -0.477 e. The summed E-state index contributed by atoms with van der Waals surface area (Å²) < 4.78 is 5.72. The van der Waals surface area contributed by atoms with Crippen molar-refractivity contribution in [1.29, 1.82) is 0 Å². The number of carboxylic acids is 1. The summed E-state index contributed by atoms with van der Waals surface area (Å²) in [6, 6.07) is 11.7. The van der Waals surface area contributed by atoms with Crippen molar-refractivity contribution in [3.05, 3.63) is 58.5 Å². The zero-order chi connectivity index (χ0) is 18.5. The lowest BCUT2D eigenvalue weighted by Gasteiger charge is -1.99. The third-order valence-electron chi connectivity index (χ3n) is 3.37. The highest BCUT2D eigenvalue weighted by Gasteiger charge is 2.14. The van der Waals surface area contributed by atoms with E-state index in [9.17, 15) is 9.90 Å². The molecule has 0 saturated heterocycles. The molecule has 0 aliphatic rings. The van der Waals surface area contributed by atoms with E-state index in [0.29, 0.717) is 28.3 Å². The van der Waals surface area contributed by atoms with E-state index in [1.165, 1.54) is 23.4 Å². The lowest BCUT2D eigenvalue weighted by Crippen LogP contribution is -1.97. The van der Waals surface area contributed by atoms with Gasteiger partial charge in [0.25, 0.3) is 0 Å². The molecular weight excluding hydrogens is 370 g/mol. The largest absolute Gasteiger partial charge is 0.477 e. The van der Waals surface area contributed by atoms with Gasteiger partial charge in [-0.15, -0.1) is 5.10 Å². The first-order chi connectivity index (χ1) is 12.5. The van der Waals surface area contributed by atoms with Crippen LogP contribution in [0.2, 0.25) is 0 Å². The van der Waals surface area contributed by atoms with Gasteiger partial charge in [-0.1, -0.05) is 36.4 Å². The summed E-state index contributed by atoms with van der Waals surface area (Å²) in [5.41, 5.74) is 1.19.